The molecule has 0 bridgehead atoms. The number of carboxylic acids is 2. The van der Waals surface area contributed by atoms with Crippen LogP contribution in [0.25, 0.3) is 10.9 Å². The summed E-state index contributed by atoms with van der Waals surface area (Å²) < 4.78 is 1.56. The molecule has 0 spiro atoms. The van der Waals surface area contributed by atoms with E-state index in [0.29, 0.717) is 13.0 Å². The zero-order chi connectivity index (χ0) is 37.5. The zero-order valence-electron chi connectivity index (χ0n) is 27.3. The maximum absolute atomic E-state index is 13.8. The van der Waals surface area contributed by atoms with Crippen molar-refractivity contribution in [2.75, 3.05) is 11.5 Å². The van der Waals surface area contributed by atoms with Gasteiger partial charge in [0, 0.05) is 29.9 Å². The van der Waals surface area contributed by atoms with Gasteiger partial charge in [-0.05, 0) is 31.9 Å². The number of unbranched alkanes of at least 4 members (excludes halogenated alkanes) is 1. The molecule has 4 heterocycles. The van der Waals surface area contributed by atoms with Gasteiger partial charge in [0.2, 0.25) is 5.60 Å². The van der Waals surface area contributed by atoms with Crippen molar-refractivity contribution in [1.82, 2.24) is 19.8 Å². The number of phenols is 2. The molecule has 18 nitrogen and oxygen atoms in total. The molecule has 3 aromatic rings. The Hall–Kier alpha value is -5.47. The van der Waals surface area contributed by atoms with Crippen LogP contribution in [0.1, 0.15) is 49.7 Å². The van der Waals surface area contributed by atoms with Crippen molar-refractivity contribution in [2.45, 2.75) is 63.2 Å². The molecule has 0 aliphatic carbocycles. The number of fused-ring (bicyclic) bond motifs is 2. The summed E-state index contributed by atoms with van der Waals surface area (Å²) in [6.45, 7) is 4.66. The van der Waals surface area contributed by atoms with E-state index in [9.17, 15) is 49.2 Å². The molecule has 2 amide bonds. The third kappa shape index (κ3) is 6.84. The molecular formula is C31H33N7O11S2. The summed E-state index contributed by atoms with van der Waals surface area (Å²) in [5, 5.41) is 46.3. The lowest BCUT2D eigenvalue weighted by atomic mass is 9.94. The predicted octanol–water partition coefficient (Wildman–Crippen LogP) is 0.784. The van der Waals surface area contributed by atoms with Crippen LogP contribution in [0.4, 0.5) is 5.13 Å². The number of nitrogens with two attached hydrogens (primary N) is 2. The minimum Gasteiger partial charge on any atom is -0.504 e. The average molecular weight is 744 g/mol. The van der Waals surface area contributed by atoms with Crippen molar-refractivity contribution in [3.05, 3.63) is 56.5 Å². The molecule has 0 saturated carbocycles. The zero-order valence-corrected chi connectivity index (χ0v) is 28.9. The number of carbonyl (C=O) groups excluding carboxylic acids is 3. The summed E-state index contributed by atoms with van der Waals surface area (Å²) in [4.78, 5) is 88.2. The number of hydrogen-bond donors (Lipinski definition) is 7. The van der Waals surface area contributed by atoms with Gasteiger partial charge >= 0.3 is 11.9 Å². The number of nitrogens with one attached hydrogen (secondary N) is 1. The molecule has 2 aliphatic heterocycles. The molecule has 3 atom stereocenters. The summed E-state index contributed by atoms with van der Waals surface area (Å²) >= 11 is 1.97. The Balaban J connectivity index is 1.44. The van der Waals surface area contributed by atoms with Gasteiger partial charge < -0.3 is 46.6 Å². The Bertz CT molecular complexity index is 2110. The summed E-state index contributed by atoms with van der Waals surface area (Å²) in [6.07, 6.45) is 2.66. The number of anilines is 1. The van der Waals surface area contributed by atoms with Crippen LogP contribution in [-0.2, 0) is 30.6 Å². The van der Waals surface area contributed by atoms with Gasteiger partial charge in [0.25, 0.3) is 11.8 Å². The third-order valence-corrected chi connectivity index (χ3v) is 10.2. The second-order valence-electron chi connectivity index (χ2n) is 12.1. The van der Waals surface area contributed by atoms with Crippen molar-refractivity contribution in [1.29, 1.82) is 0 Å². The summed E-state index contributed by atoms with van der Waals surface area (Å²) in [5.41, 5.74) is 7.98. The van der Waals surface area contributed by atoms with E-state index in [0.717, 1.165) is 40.5 Å². The highest BCUT2D eigenvalue weighted by atomic mass is 32.2. The third-order valence-electron chi connectivity index (χ3n) is 8.20. The monoisotopic (exact) mass is 743 g/mol. The lowest BCUT2D eigenvalue weighted by Crippen LogP contribution is -2.71. The number of amides is 2. The molecule has 5 rings (SSSR count). The van der Waals surface area contributed by atoms with Crippen LogP contribution in [0.15, 0.2) is 44.9 Å². The number of aromatic nitrogens is 2. The number of nitrogen functional groups attached to an aromatic ring is 1. The molecule has 1 aromatic carbocycles. The molecule has 2 aromatic heterocycles. The molecule has 1 saturated heterocycles. The fraction of sp³-hybridized carbons (Fsp3) is 0.355. The predicted molar refractivity (Wildman–Crippen MR) is 184 cm³/mol. The number of rotatable bonds is 13. The second-order valence-corrected chi connectivity index (χ2v) is 14.1. The Kier molecular flexibility index (Phi) is 10.1. The number of aromatic hydroxyl groups is 2. The van der Waals surface area contributed by atoms with Crippen LogP contribution in [0.3, 0.4) is 0 Å². The first-order chi connectivity index (χ1) is 24.0. The number of β-lactam (4-membered cyclic amide) rings is 1. The number of oxime groups is 1. The quantitative estimate of drug-likeness (QED) is 0.0419. The number of aliphatic carboxylic acids is 2. The van der Waals surface area contributed by atoms with Crippen molar-refractivity contribution >= 4 is 74.4 Å². The van der Waals surface area contributed by atoms with Crippen LogP contribution in [0, 0.1) is 0 Å². The number of pyridine rings is 1. The fourth-order valence-corrected chi connectivity index (χ4v) is 7.27. The number of carbonyl (C=O) groups is 5. The lowest BCUT2D eigenvalue weighted by molar-refractivity contribution is -0.161. The van der Waals surface area contributed by atoms with Crippen LogP contribution in [0.2, 0.25) is 0 Å². The van der Waals surface area contributed by atoms with Crippen LogP contribution in [0.5, 0.6) is 11.5 Å². The normalized spacial score (nSPS) is 18.2. The van der Waals surface area contributed by atoms with E-state index in [1.54, 1.807) is 4.57 Å². The van der Waals surface area contributed by atoms with Crippen molar-refractivity contribution in [2.24, 2.45) is 10.9 Å². The fourth-order valence-electron chi connectivity index (χ4n) is 5.32. The van der Waals surface area contributed by atoms with Gasteiger partial charge in [0.05, 0.1) is 22.5 Å². The maximum Gasteiger partial charge on any atom is 0.352 e. The Morgan fingerprint density at radius 3 is 2.47 bits per heavy atom. The first-order valence-electron chi connectivity index (χ1n) is 15.3. The van der Waals surface area contributed by atoms with E-state index < -0.39 is 80.9 Å². The standard InChI is InChI=1S/C31H33N7O11S2/c1-4-5-6-37-9-13(23(41)12-7-17(39)18(40)8-16(12)37)24(42)19(32)14-10-50-27-21(26(44)38(27)22(14)28(45)46)35-25(43)20(15-11-51-30(33)34-15)36-49-31(2,3)29(47)48/h7-9,11,19,21,27,39-40H,4-6,10,32H2,1-3H3,(H2,33,34)(H,35,43)(H,45,46)(H,47,48)/b36-20-/t19?,21?,27-/m1/s1. The summed E-state index contributed by atoms with van der Waals surface area (Å²) in [6, 6.07) is -0.722. The second kappa shape index (κ2) is 14.0. The number of thiazole rings is 1. The van der Waals surface area contributed by atoms with Gasteiger partial charge in [-0.1, -0.05) is 18.5 Å². The first-order valence-corrected chi connectivity index (χ1v) is 17.2. The smallest absolute Gasteiger partial charge is 0.352 e. The topological polar surface area (TPSA) is 290 Å². The minimum absolute atomic E-state index is 0.0624. The number of benzene rings is 1. The first kappa shape index (κ1) is 36.8. The number of thioether (sulfide) groups is 1. The minimum atomic E-state index is -1.84. The number of carboxylic acid groups (broad SMARTS) is 2. The van der Waals surface area contributed by atoms with Crippen LogP contribution >= 0.6 is 23.1 Å². The summed E-state index contributed by atoms with van der Waals surface area (Å²) in [7, 11) is 0. The highest BCUT2D eigenvalue weighted by Gasteiger charge is 2.55. The molecule has 1 fully saturated rings. The van der Waals surface area contributed by atoms with E-state index in [4.69, 9.17) is 16.3 Å². The maximum atomic E-state index is 13.8. The van der Waals surface area contributed by atoms with Gasteiger partial charge in [-0.3, -0.25) is 24.1 Å². The molecule has 2 aliphatic rings. The van der Waals surface area contributed by atoms with Crippen molar-refractivity contribution in [3.8, 4) is 11.5 Å². The van der Waals surface area contributed by atoms with Crippen molar-refractivity contribution < 1.29 is 49.2 Å². The molecule has 20 heteroatoms. The molecule has 2 unspecified atom stereocenters. The average Bonchev–Trinajstić information content (AvgIpc) is 3.51. The lowest BCUT2D eigenvalue weighted by Gasteiger charge is -2.49. The Morgan fingerprint density at radius 1 is 1.18 bits per heavy atom. The van der Waals surface area contributed by atoms with Gasteiger partial charge in [-0.2, -0.15) is 0 Å². The highest BCUT2D eigenvalue weighted by Crippen LogP contribution is 2.41. The number of ketones is 1. The number of Topliss-reactive ketones (excluding diaryl/α,β-unsaturated/α-hetero) is 1. The summed E-state index contributed by atoms with van der Waals surface area (Å²) in [5.74, 6) is -6.97. The largest absolute Gasteiger partial charge is 0.504 e. The van der Waals surface area contributed by atoms with Gasteiger partial charge in [-0.25, -0.2) is 14.6 Å². The van der Waals surface area contributed by atoms with Crippen LogP contribution < -0.4 is 22.2 Å². The Labute approximate surface area is 296 Å². The number of nitrogens with zero attached hydrogens (tertiary/aromatic N) is 4. The molecule has 0 radical (unpaired) electrons. The van der Waals surface area contributed by atoms with E-state index in [1.165, 1.54) is 31.5 Å². The molecule has 9 N–H and O–H groups in total. The van der Waals surface area contributed by atoms with E-state index in [1.807, 2.05) is 6.92 Å². The number of aryl methyl sites for hydroxylation is 1. The van der Waals surface area contributed by atoms with Crippen molar-refractivity contribution in [3.63, 3.8) is 0 Å². The van der Waals surface area contributed by atoms with Gasteiger partial charge in [-0.15, -0.1) is 23.1 Å². The van der Waals surface area contributed by atoms with Crippen LogP contribution in [-0.4, -0.2) is 98.9 Å². The van der Waals surface area contributed by atoms with E-state index >= 15 is 0 Å². The number of phenolic OH excluding ortho intramolecular Hbond substituents is 2. The number of hydrogen-bond acceptors (Lipinski definition) is 15. The van der Waals surface area contributed by atoms with Gasteiger partial charge in [0.15, 0.2) is 33.6 Å². The Morgan fingerprint density at radius 2 is 1.86 bits per heavy atom. The van der Waals surface area contributed by atoms with E-state index in [-0.39, 0.29) is 38.6 Å². The molecule has 270 valence electrons. The van der Waals surface area contributed by atoms with E-state index in [2.05, 4.69) is 15.5 Å². The SMILES string of the molecule is CCCCn1cc(C(=O)C(N)C2=C(C(=O)O)N3C(=O)C(NC(=O)/C(=N\OC(C)(C)C(=O)O)c4csc(N)n4)[C@H]3SC2)c(=O)c2cc(O)c(O)cc21. The molecular weight excluding hydrogens is 711 g/mol. The van der Waals surface area contributed by atoms with Gasteiger partial charge in [0.1, 0.15) is 22.8 Å². The highest BCUT2D eigenvalue weighted by molar-refractivity contribution is 8.00. The molecule has 51 heavy (non-hydrogen) atoms.